The Hall–Kier alpha value is -2.82. The van der Waals surface area contributed by atoms with E-state index in [1.54, 1.807) is 12.0 Å². The average molecular weight is 368 g/mol. The van der Waals surface area contributed by atoms with Gasteiger partial charge in [0.2, 0.25) is 11.8 Å². The van der Waals surface area contributed by atoms with Gasteiger partial charge in [0.1, 0.15) is 5.75 Å². The quantitative estimate of drug-likeness (QED) is 0.777. The molecule has 0 atom stereocenters. The van der Waals surface area contributed by atoms with Crippen LogP contribution in [-0.2, 0) is 16.0 Å². The van der Waals surface area contributed by atoms with E-state index >= 15 is 0 Å². The molecule has 5 nitrogen and oxygen atoms in total. The molecule has 0 saturated carbocycles. The van der Waals surface area contributed by atoms with Gasteiger partial charge in [0.25, 0.3) is 0 Å². The molecule has 2 rings (SSSR count). The summed E-state index contributed by atoms with van der Waals surface area (Å²) in [7, 11) is 1.64. The second kappa shape index (κ2) is 9.76. The zero-order chi connectivity index (χ0) is 19.8. The van der Waals surface area contributed by atoms with Crippen LogP contribution in [0, 0.1) is 13.8 Å². The van der Waals surface area contributed by atoms with Gasteiger partial charge in [-0.15, -0.1) is 0 Å². The number of anilines is 1. The van der Waals surface area contributed by atoms with Crippen molar-refractivity contribution in [2.45, 2.75) is 33.6 Å². The minimum atomic E-state index is -0.0621. The number of nitrogens with zero attached hydrogens (tertiary/aromatic N) is 1. The SMILES string of the molecule is COc1cccc(CCNC(=O)CCN(C(C)=O)c2cc(C)ccc2C)c1. The van der Waals surface area contributed by atoms with E-state index in [2.05, 4.69) is 5.32 Å². The first-order valence-electron chi connectivity index (χ1n) is 9.15. The van der Waals surface area contributed by atoms with E-state index in [1.807, 2.05) is 56.3 Å². The Morgan fingerprint density at radius 2 is 1.89 bits per heavy atom. The van der Waals surface area contributed by atoms with Crippen molar-refractivity contribution in [3.05, 3.63) is 59.2 Å². The third-order valence-electron chi connectivity index (χ3n) is 4.47. The molecule has 2 aromatic rings. The number of carbonyl (C=O) groups is 2. The van der Waals surface area contributed by atoms with E-state index in [1.165, 1.54) is 6.92 Å². The highest BCUT2D eigenvalue weighted by molar-refractivity contribution is 5.93. The van der Waals surface area contributed by atoms with E-state index < -0.39 is 0 Å². The lowest BCUT2D eigenvalue weighted by Crippen LogP contribution is -2.34. The predicted octanol–water partition coefficient (Wildman–Crippen LogP) is 3.41. The summed E-state index contributed by atoms with van der Waals surface area (Å²) in [5, 5.41) is 2.92. The number of hydrogen-bond donors (Lipinski definition) is 1. The first-order chi connectivity index (χ1) is 12.9. The molecule has 0 aliphatic carbocycles. The molecule has 0 fully saturated rings. The monoisotopic (exact) mass is 368 g/mol. The Bertz CT molecular complexity index is 802. The lowest BCUT2D eigenvalue weighted by atomic mass is 10.1. The van der Waals surface area contributed by atoms with Gasteiger partial charge >= 0.3 is 0 Å². The Balaban J connectivity index is 1.87. The Labute approximate surface area is 161 Å². The second-order valence-corrected chi connectivity index (χ2v) is 6.66. The van der Waals surface area contributed by atoms with Gasteiger partial charge in [0, 0.05) is 32.1 Å². The summed E-state index contributed by atoms with van der Waals surface area (Å²) >= 11 is 0. The third kappa shape index (κ3) is 6.13. The highest BCUT2D eigenvalue weighted by Crippen LogP contribution is 2.22. The lowest BCUT2D eigenvalue weighted by molar-refractivity contribution is -0.121. The molecule has 2 amide bonds. The van der Waals surface area contributed by atoms with E-state index in [0.29, 0.717) is 13.1 Å². The molecule has 0 bridgehead atoms. The molecule has 0 spiro atoms. The fourth-order valence-corrected chi connectivity index (χ4v) is 2.93. The minimum absolute atomic E-state index is 0.0607. The van der Waals surface area contributed by atoms with Crippen LogP contribution in [0.25, 0.3) is 0 Å². The number of benzene rings is 2. The highest BCUT2D eigenvalue weighted by atomic mass is 16.5. The molecule has 0 aromatic heterocycles. The highest BCUT2D eigenvalue weighted by Gasteiger charge is 2.15. The Kier molecular flexibility index (Phi) is 7.41. The van der Waals surface area contributed by atoms with Gasteiger partial charge in [-0.1, -0.05) is 24.3 Å². The molecular formula is C22H28N2O3. The summed E-state index contributed by atoms with van der Waals surface area (Å²) in [5.74, 6) is 0.687. The maximum Gasteiger partial charge on any atom is 0.223 e. The van der Waals surface area contributed by atoms with Crippen molar-refractivity contribution >= 4 is 17.5 Å². The van der Waals surface area contributed by atoms with Crippen molar-refractivity contribution in [1.29, 1.82) is 0 Å². The normalized spacial score (nSPS) is 10.4. The van der Waals surface area contributed by atoms with Crippen LogP contribution in [0.3, 0.4) is 0 Å². The smallest absolute Gasteiger partial charge is 0.223 e. The fraction of sp³-hybridized carbons (Fsp3) is 0.364. The van der Waals surface area contributed by atoms with Crippen molar-refractivity contribution in [3.8, 4) is 5.75 Å². The molecule has 0 saturated heterocycles. The standard InChI is InChI=1S/C22H28N2O3/c1-16-8-9-17(2)21(14-16)24(18(3)25)13-11-22(26)23-12-10-19-6-5-7-20(15-19)27-4/h5-9,14-15H,10-13H2,1-4H3,(H,23,26). The van der Waals surface area contributed by atoms with Crippen LogP contribution in [0.5, 0.6) is 5.75 Å². The molecule has 0 aliphatic rings. The molecule has 144 valence electrons. The number of carbonyl (C=O) groups excluding carboxylic acids is 2. The van der Waals surface area contributed by atoms with Gasteiger partial charge in [0.05, 0.1) is 7.11 Å². The van der Waals surface area contributed by atoms with Crippen LogP contribution in [0.4, 0.5) is 5.69 Å². The van der Waals surface area contributed by atoms with E-state index in [9.17, 15) is 9.59 Å². The van der Waals surface area contributed by atoms with E-state index in [4.69, 9.17) is 4.74 Å². The molecule has 0 heterocycles. The number of nitrogens with one attached hydrogen (secondary N) is 1. The summed E-state index contributed by atoms with van der Waals surface area (Å²) < 4.78 is 5.20. The van der Waals surface area contributed by atoms with Crippen LogP contribution in [-0.4, -0.2) is 32.0 Å². The van der Waals surface area contributed by atoms with Crippen LogP contribution in [0.15, 0.2) is 42.5 Å². The number of rotatable bonds is 8. The maximum atomic E-state index is 12.2. The largest absolute Gasteiger partial charge is 0.497 e. The van der Waals surface area contributed by atoms with Gasteiger partial charge in [-0.25, -0.2) is 0 Å². The molecule has 27 heavy (non-hydrogen) atoms. The zero-order valence-corrected chi connectivity index (χ0v) is 16.5. The molecule has 0 unspecified atom stereocenters. The topological polar surface area (TPSA) is 58.6 Å². The molecule has 2 aromatic carbocycles. The first kappa shape index (κ1) is 20.5. The lowest BCUT2D eigenvalue weighted by Gasteiger charge is -2.23. The molecular weight excluding hydrogens is 340 g/mol. The molecule has 5 heteroatoms. The predicted molar refractivity (Wildman–Crippen MR) is 108 cm³/mol. The van der Waals surface area contributed by atoms with Crippen LogP contribution >= 0.6 is 0 Å². The first-order valence-corrected chi connectivity index (χ1v) is 9.15. The van der Waals surface area contributed by atoms with Gasteiger partial charge in [-0.3, -0.25) is 9.59 Å². The number of aryl methyl sites for hydroxylation is 2. The number of amides is 2. The maximum absolute atomic E-state index is 12.2. The Morgan fingerprint density at radius 1 is 1.11 bits per heavy atom. The van der Waals surface area contributed by atoms with Crippen LogP contribution < -0.4 is 15.0 Å². The van der Waals surface area contributed by atoms with Crippen LogP contribution in [0.2, 0.25) is 0 Å². The van der Waals surface area contributed by atoms with Crippen molar-refractivity contribution in [3.63, 3.8) is 0 Å². The molecule has 0 aliphatic heterocycles. The Morgan fingerprint density at radius 3 is 2.59 bits per heavy atom. The van der Waals surface area contributed by atoms with Crippen molar-refractivity contribution in [2.75, 3.05) is 25.1 Å². The molecule has 1 N–H and O–H groups in total. The molecule has 0 radical (unpaired) electrons. The second-order valence-electron chi connectivity index (χ2n) is 6.66. The number of ether oxygens (including phenoxy) is 1. The van der Waals surface area contributed by atoms with Crippen LogP contribution in [0.1, 0.15) is 30.0 Å². The number of hydrogen-bond acceptors (Lipinski definition) is 3. The van der Waals surface area contributed by atoms with E-state index in [-0.39, 0.29) is 18.2 Å². The summed E-state index contributed by atoms with van der Waals surface area (Å²) in [4.78, 5) is 25.9. The van der Waals surface area contributed by atoms with Crippen molar-refractivity contribution in [2.24, 2.45) is 0 Å². The summed E-state index contributed by atoms with van der Waals surface area (Å²) in [6.45, 7) is 6.41. The summed E-state index contributed by atoms with van der Waals surface area (Å²) in [6, 6.07) is 13.8. The number of methoxy groups -OCH3 is 1. The van der Waals surface area contributed by atoms with Crippen molar-refractivity contribution in [1.82, 2.24) is 5.32 Å². The average Bonchev–Trinajstić information content (AvgIpc) is 2.64. The van der Waals surface area contributed by atoms with E-state index in [0.717, 1.165) is 34.5 Å². The minimum Gasteiger partial charge on any atom is -0.497 e. The van der Waals surface area contributed by atoms with Crippen molar-refractivity contribution < 1.29 is 14.3 Å². The fourth-order valence-electron chi connectivity index (χ4n) is 2.93. The third-order valence-corrected chi connectivity index (χ3v) is 4.47. The summed E-state index contributed by atoms with van der Waals surface area (Å²) in [6.07, 6.45) is 1.00. The van der Waals surface area contributed by atoms with Gasteiger partial charge in [-0.2, -0.15) is 0 Å². The van der Waals surface area contributed by atoms with Gasteiger partial charge < -0.3 is 15.0 Å². The van der Waals surface area contributed by atoms with Gasteiger partial charge in [-0.05, 0) is 55.2 Å². The zero-order valence-electron chi connectivity index (χ0n) is 16.5. The van der Waals surface area contributed by atoms with Gasteiger partial charge in [0.15, 0.2) is 0 Å². The summed E-state index contributed by atoms with van der Waals surface area (Å²) in [5.41, 5.74) is 4.08.